The lowest BCUT2D eigenvalue weighted by atomic mass is 10.2. The number of thiazole rings is 1. The summed E-state index contributed by atoms with van der Waals surface area (Å²) in [7, 11) is 1.99. The molecular formula is C18H25FN4S. The van der Waals surface area contributed by atoms with Gasteiger partial charge in [-0.3, -0.25) is 4.99 Å². The van der Waals surface area contributed by atoms with Gasteiger partial charge in [0.25, 0.3) is 0 Å². The molecule has 6 heteroatoms. The number of benzene rings is 1. The van der Waals surface area contributed by atoms with Gasteiger partial charge in [0.1, 0.15) is 5.82 Å². The quantitative estimate of drug-likeness (QED) is 0.615. The maximum absolute atomic E-state index is 13.0. The van der Waals surface area contributed by atoms with Crippen LogP contribution < -0.4 is 5.32 Å². The molecule has 1 N–H and O–H groups in total. The van der Waals surface area contributed by atoms with Crippen molar-refractivity contribution < 1.29 is 4.39 Å². The molecule has 0 aliphatic heterocycles. The van der Waals surface area contributed by atoms with Crippen LogP contribution in [0.2, 0.25) is 0 Å². The van der Waals surface area contributed by atoms with Crippen molar-refractivity contribution in [2.45, 2.75) is 33.2 Å². The second-order valence-corrected chi connectivity index (χ2v) is 6.50. The second-order valence-electron chi connectivity index (χ2n) is 5.55. The standard InChI is InChI=1S/C18H25FN4S/c1-4-17-22-16(13-24-17)10-11-21-18(20-5-2)23(3)12-14-6-8-15(19)9-7-14/h6-9,13H,4-5,10-12H2,1-3H3,(H,20,21). The van der Waals surface area contributed by atoms with Crippen LogP contribution in [0.4, 0.5) is 4.39 Å². The Kier molecular flexibility index (Phi) is 7.18. The molecule has 1 heterocycles. The van der Waals surface area contributed by atoms with Gasteiger partial charge in [0.2, 0.25) is 0 Å². The van der Waals surface area contributed by atoms with Gasteiger partial charge in [0.15, 0.2) is 5.96 Å². The summed E-state index contributed by atoms with van der Waals surface area (Å²) in [6.45, 7) is 6.36. The van der Waals surface area contributed by atoms with Crippen LogP contribution in [0.25, 0.3) is 0 Å². The lowest BCUT2D eigenvalue weighted by molar-refractivity contribution is 0.476. The van der Waals surface area contributed by atoms with E-state index in [4.69, 9.17) is 0 Å². The van der Waals surface area contributed by atoms with E-state index in [0.717, 1.165) is 36.6 Å². The van der Waals surface area contributed by atoms with Gasteiger partial charge in [0, 0.05) is 38.5 Å². The fourth-order valence-corrected chi connectivity index (χ4v) is 3.09. The summed E-state index contributed by atoms with van der Waals surface area (Å²) in [6.07, 6.45) is 1.83. The minimum Gasteiger partial charge on any atom is -0.357 e. The van der Waals surface area contributed by atoms with Crippen molar-refractivity contribution in [2.75, 3.05) is 20.1 Å². The Hall–Kier alpha value is -1.95. The molecule has 1 aromatic heterocycles. The van der Waals surface area contributed by atoms with Crippen molar-refractivity contribution in [3.05, 3.63) is 51.7 Å². The van der Waals surface area contributed by atoms with Gasteiger partial charge in [0.05, 0.1) is 10.7 Å². The van der Waals surface area contributed by atoms with E-state index in [1.165, 1.54) is 17.1 Å². The molecule has 0 unspecified atom stereocenters. The number of guanidine groups is 1. The first-order valence-corrected chi connectivity index (χ1v) is 9.17. The van der Waals surface area contributed by atoms with Gasteiger partial charge in [-0.2, -0.15) is 0 Å². The molecule has 24 heavy (non-hydrogen) atoms. The van der Waals surface area contributed by atoms with Gasteiger partial charge in [-0.25, -0.2) is 9.37 Å². The predicted molar refractivity (Wildman–Crippen MR) is 99.0 cm³/mol. The average molecular weight is 348 g/mol. The number of hydrogen-bond donors (Lipinski definition) is 1. The maximum Gasteiger partial charge on any atom is 0.193 e. The van der Waals surface area contributed by atoms with Crippen LogP contribution in [-0.2, 0) is 19.4 Å². The summed E-state index contributed by atoms with van der Waals surface area (Å²) in [6, 6.07) is 6.58. The van der Waals surface area contributed by atoms with Crippen LogP contribution in [0.5, 0.6) is 0 Å². The van der Waals surface area contributed by atoms with Crippen LogP contribution in [0, 0.1) is 5.82 Å². The molecule has 130 valence electrons. The third kappa shape index (κ3) is 5.60. The second kappa shape index (κ2) is 9.37. The molecule has 4 nitrogen and oxygen atoms in total. The van der Waals surface area contributed by atoms with Crippen molar-refractivity contribution in [2.24, 2.45) is 4.99 Å². The average Bonchev–Trinajstić information content (AvgIpc) is 3.04. The number of hydrogen-bond acceptors (Lipinski definition) is 3. The van der Waals surface area contributed by atoms with Gasteiger partial charge in [-0.1, -0.05) is 19.1 Å². The highest BCUT2D eigenvalue weighted by Crippen LogP contribution is 2.11. The van der Waals surface area contributed by atoms with E-state index in [-0.39, 0.29) is 5.82 Å². The van der Waals surface area contributed by atoms with Crippen LogP contribution in [0.1, 0.15) is 30.1 Å². The number of nitrogens with zero attached hydrogens (tertiary/aromatic N) is 3. The SMILES string of the molecule is CCNC(=NCCc1csc(CC)n1)N(C)Cc1ccc(F)cc1. The van der Waals surface area contributed by atoms with E-state index < -0.39 is 0 Å². The minimum absolute atomic E-state index is 0.211. The molecule has 0 radical (unpaired) electrons. The highest BCUT2D eigenvalue weighted by atomic mass is 32.1. The Morgan fingerprint density at radius 3 is 2.67 bits per heavy atom. The van der Waals surface area contributed by atoms with E-state index in [2.05, 4.69) is 39.4 Å². The van der Waals surface area contributed by atoms with Crippen LogP contribution in [0.3, 0.4) is 0 Å². The van der Waals surface area contributed by atoms with E-state index in [1.54, 1.807) is 23.5 Å². The molecule has 0 aliphatic carbocycles. The molecule has 2 rings (SSSR count). The van der Waals surface area contributed by atoms with Crippen molar-refractivity contribution in [3.8, 4) is 0 Å². The Morgan fingerprint density at radius 2 is 2.04 bits per heavy atom. The zero-order chi connectivity index (χ0) is 17.4. The van der Waals surface area contributed by atoms with Gasteiger partial charge >= 0.3 is 0 Å². The summed E-state index contributed by atoms with van der Waals surface area (Å²) in [4.78, 5) is 11.3. The molecule has 0 fully saturated rings. The number of rotatable bonds is 7. The number of halogens is 1. The minimum atomic E-state index is -0.211. The van der Waals surface area contributed by atoms with Gasteiger partial charge < -0.3 is 10.2 Å². The monoisotopic (exact) mass is 348 g/mol. The molecule has 0 amide bonds. The van der Waals surface area contributed by atoms with Crippen molar-refractivity contribution in [1.82, 2.24) is 15.2 Å². The molecule has 0 bridgehead atoms. The van der Waals surface area contributed by atoms with Crippen LogP contribution >= 0.6 is 11.3 Å². The third-order valence-corrected chi connectivity index (χ3v) is 4.60. The number of nitrogens with one attached hydrogen (secondary N) is 1. The highest BCUT2D eigenvalue weighted by molar-refractivity contribution is 7.09. The molecule has 0 saturated carbocycles. The van der Waals surface area contributed by atoms with Crippen molar-refractivity contribution in [3.63, 3.8) is 0 Å². The summed E-state index contributed by atoms with van der Waals surface area (Å²) >= 11 is 1.71. The highest BCUT2D eigenvalue weighted by Gasteiger charge is 2.07. The van der Waals surface area contributed by atoms with E-state index in [0.29, 0.717) is 13.1 Å². The number of aromatic nitrogens is 1. The molecule has 1 aromatic carbocycles. The molecule has 2 aromatic rings. The summed E-state index contributed by atoms with van der Waals surface area (Å²) in [5.41, 5.74) is 2.16. The maximum atomic E-state index is 13.0. The first-order valence-electron chi connectivity index (χ1n) is 8.29. The molecular weight excluding hydrogens is 323 g/mol. The van der Waals surface area contributed by atoms with E-state index >= 15 is 0 Å². The smallest absolute Gasteiger partial charge is 0.193 e. The number of aliphatic imine (C=N–C) groups is 1. The van der Waals surface area contributed by atoms with E-state index in [9.17, 15) is 4.39 Å². The van der Waals surface area contributed by atoms with Gasteiger partial charge in [-0.05, 0) is 31.0 Å². The molecule has 0 aliphatic rings. The first kappa shape index (κ1) is 18.4. The molecule has 0 saturated heterocycles. The largest absolute Gasteiger partial charge is 0.357 e. The topological polar surface area (TPSA) is 40.5 Å². The summed E-state index contributed by atoms with van der Waals surface area (Å²) in [5, 5.41) is 6.59. The Balaban J connectivity index is 1.94. The summed E-state index contributed by atoms with van der Waals surface area (Å²) < 4.78 is 13.0. The normalized spacial score (nSPS) is 11.6. The molecule has 0 atom stereocenters. The van der Waals surface area contributed by atoms with Crippen LogP contribution in [0.15, 0.2) is 34.6 Å². The van der Waals surface area contributed by atoms with Crippen molar-refractivity contribution in [1.29, 1.82) is 0 Å². The Labute approximate surface area is 147 Å². The fraction of sp³-hybridized carbons (Fsp3) is 0.444. The number of aryl methyl sites for hydroxylation is 1. The lowest BCUT2D eigenvalue weighted by Crippen LogP contribution is -2.38. The van der Waals surface area contributed by atoms with Crippen molar-refractivity contribution >= 4 is 17.3 Å². The fourth-order valence-electron chi connectivity index (χ4n) is 2.31. The van der Waals surface area contributed by atoms with E-state index in [1.807, 2.05) is 7.05 Å². The molecule has 0 spiro atoms. The lowest BCUT2D eigenvalue weighted by Gasteiger charge is -2.22. The Bertz CT molecular complexity index is 651. The predicted octanol–water partition coefficient (Wildman–Crippen LogP) is 3.48. The third-order valence-electron chi connectivity index (χ3n) is 3.56. The Morgan fingerprint density at radius 1 is 1.29 bits per heavy atom. The van der Waals surface area contributed by atoms with Crippen LogP contribution in [-0.4, -0.2) is 36.0 Å². The zero-order valence-electron chi connectivity index (χ0n) is 14.6. The summed E-state index contributed by atoms with van der Waals surface area (Å²) in [5.74, 6) is 0.643. The first-order chi connectivity index (χ1) is 11.6. The van der Waals surface area contributed by atoms with Gasteiger partial charge in [-0.15, -0.1) is 11.3 Å². The zero-order valence-corrected chi connectivity index (χ0v) is 15.4.